The summed E-state index contributed by atoms with van der Waals surface area (Å²) in [6.07, 6.45) is -5.72. The van der Waals surface area contributed by atoms with Gasteiger partial charge in [-0.15, -0.1) is 0 Å². The zero-order chi connectivity index (χ0) is 21.4. The molecule has 0 aliphatic carbocycles. The summed E-state index contributed by atoms with van der Waals surface area (Å²) in [6, 6.07) is 4.02. The van der Waals surface area contributed by atoms with Gasteiger partial charge in [0.15, 0.2) is 0 Å². The van der Waals surface area contributed by atoms with Crippen LogP contribution < -0.4 is 20.6 Å². The third-order valence-electron chi connectivity index (χ3n) is 4.73. The molecule has 2 heterocycles. The van der Waals surface area contributed by atoms with Crippen LogP contribution in [-0.4, -0.2) is 50.7 Å². The van der Waals surface area contributed by atoms with Gasteiger partial charge in [-0.25, -0.2) is 14.7 Å². The predicted molar refractivity (Wildman–Crippen MR) is 97.5 cm³/mol. The van der Waals surface area contributed by atoms with Crippen LogP contribution in [0.15, 0.2) is 23.0 Å². The number of anilines is 2. The van der Waals surface area contributed by atoms with Crippen LogP contribution in [0.25, 0.3) is 0 Å². The first-order valence-corrected chi connectivity index (χ1v) is 8.77. The number of H-pyrrole nitrogens is 2. The molecule has 2 aromatic rings. The van der Waals surface area contributed by atoms with E-state index in [2.05, 4.69) is 20.5 Å². The Morgan fingerprint density at radius 1 is 1.38 bits per heavy atom. The lowest BCUT2D eigenvalue weighted by atomic mass is 10.0. The summed E-state index contributed by atoms with van der Waals surface area (Å²) in [5.74, 6) is 0.891. The summed E-state index contributed by atoms with van der Waals surface area (Å²) in [5.41, 5.74) is -2.74. The topological polar surface area (TPSA) is 123 Å². The maximum atomic E-state index is 13.4. The number of halogens is 3. The van der Waals surface area contributed by atoms with Crippen LogP contribution in [0.4, 0.5) is 29.3 Å². The molecule has 1 atom stereocenters. The number of fused-ring (bicyclic) bond motifs is 1. The van der Waals surface area contributed by atoms with E-state index in [1.807, 2.05) is 0 Å². The molecule has 9 nitrogen and oxygen atoms in total. The second kappa shape index (κ2) is 7.33. The smallest absolute Gasteiger partial charge is 0.412 e. The molecule has 0 bridgehead atoms. The van der Waals surface area contributed by atoms with Gasteiger partial charge in [0.2, 0.25) is 0 Å². The quantitative estimate of drug-likeness (QED) is 0.596. The number of benzene rings is 1. The summed E-state index contributed by atoms with van der Waals surface area (Å²) in [5, 5.41) is 18.5. The molecule has 1 amide bonds. The van der Waals surface area contributed by atoms with Crippen LogP contribution in [0.5, 0.6) is 5.75 Å². The Morgan fingerprint density at radius 2 is 2.10 bits per heavy atom. The van der Waals surface area contributed by atoms with Gasteiger partial charge in [0.05, 0.1) is 17.9 Å². The van der Waals surface area contributed by atoms with E-state index in [0.29, 0.717) is 36.6 Å². The van der Waals surface area contributed by atoms with E-state index in [4.69, 9.17) is 4.74 Å². The molecule has 1 aliphatic rings. The van der Waals surface area contributed by atoms with E-state index >= 15 is 0 Å². The van der Waals surface area contributed by atoms with Crippen LogP contribution in [0.1, 0.15) is 26.1 Å². The highest BCUT2D eigenvalue weighted by atomic mass is 19.4. The molecule has 0 radical (unpaired) electrons. The van der Waals surface area contributed by atoms with Crippen molar-refractivity contribution in [2.45, 2.75) is 44.5 Å². The molecule has 3 rings (SSSR count). The molecule has 0 unspecified atom stereocenters. The second-order valence-electron chi connectivity index (χ2n) is 7.14. The molecule has 0 saturated carbocycles. The Labute approximate surface area is 162 Å². The van der Waals surface area contributed by atoms with Crippen molar-refractivity contribution in [3.63, 3.8) is 0 Å². The summed E-state index contributed by atoms with van der Waals surface area (Å²) >= 11 is 0. The number of rotatable bonds is 5. The fourth-order valence-corrected chi connectivity index (χ4v) is 3.02. The minimum atomic E-state index is -4.76. The lowest BCUT2D eigenvalue weighted by Crippen LogP contribution is -2.57. The van der Waals surface area contributed by atoms with Gasteiger partial charge in [-0.05, 0) is 38.5 Å². The first-order valence-electron chi connectivity index (χ1n) is 8.77. The SMILES string of the molecule is CC(C)(N(C(=O)O)c1ccc2c(c1)NC[C@H](CCc1n[nH]c(=O)[nH]1)O2)C(F)(F)F. The van der Waals surface area contributed by atoms with E-state index < -0.39 is 23.5 Å². The molecule has 0 saturated heterocycles. The fourth-order valence-electron chi connectivity index (χ4n) is 3.02. The van der Waals surface area contributed by atoms with E-state index in [-0.39, 0.29) is 16.7 Å². The van der Waals surface area contributed by atoms with Gasteiger partial charge < -0.3 is 15.2 Å². The number of nitrogens with one attached hydrogen (secondary N) is 3. The number of nitrogens with zero attached hydrogens (tertiary/aromatic N) is 2. The number of hydrogen-bond acceptors (Lipinski definition) is 5. The first kappa shape index (κ1) is 20.6. The second-order valence-corrected chi connectivity index (χ2v) is 7.14. The van der Waals surface area contributed by atoms with Gasteiger partial charge in [0.25, 0.3) is 0 Å². The molecular formula is C17H20F3N5O4. The maximum absolute atomic E-state index is 13.4. The van der Waals surface area contributed by atoms with Gasteiger partial charge in [-0.3, -0.25) is 9.88 Å². The van der Waals surface area contributed by atoms with Gasteiger partial charge in [0, 0.05) is 6.42 Å². The molecule has 1 aromatic carbocycles. The molecule has 1 aliphatic heterocycles. The lowest BCUT2D eigenvalue weighted by molar-refractivity contribution is -0.175. The van der Waals surface area contributed by atoms with E-state index in [0.717, 1.165) is 13.8 Å². The largest absolute Gasteiger partial charge is 0.486 e. The fraction of sp³-hybridized carbons (Fsp3) is 0.471. The number of hydrogen-bond donors (Lipinski definition) is 4. The first-order chi connectivity index (χ1) is 13.5. The van der Waals surface area contributed by atoms with Crippen molar-refractivity contribution in [3.05, 3.63) is 34.5 Å². The van der Waals surface area contributed by atoms with Crippen LogP contribution in [0.3, 0.4) is 0 Å². The normalized spacial score (nSPS) is 16.5. The van der Waals surface area contributed by atoms with Crippen molar-refractivity contribution in [1.29, 1.82) is 0 Å². The van der Waals surface area contributed by atoms with E-state index in [1.165, 1.54) is 18.2 Å². The minimum Gasteiger partial charge on any atom is -0.486 e. The number of carbonyl (C=O) groups is 1. The van der Waals surface area contributed by atoms with E-state index in [1.54, 1.807) is 0 Å². The summed E-state index contributed by atoms with van der Waals surface area (Å²) in [6.45, 7) is 1.97. The number of alkyl halides is 3. The Morgan fingerprint density at radius 3 is 2.69 bits per heavy atom. The lowest BCUT2D eigenvalue weighted by Gasteiger charge is -2.38. The molecule has 1 aromatic heterocycles. The van der Waals surface area contributed by atoms with Crippen LogP contribution in [-0.2, 0) is 6.42 Å². The number of aromatic amines is 2. The molecule has 0 fully saturated rings. The zero-order valence-corrected chi connectivity index (χ0v) is 15.6. The number of ether oxygens (including phenoxy) is 1. The number of aromatic nitrogens is 3. The van der Waals surface area contributed by atoms with Crippen molar-refractivity contribution in [3.8, 4) is 5.75 Å². The number of amides is 1. The van der Waals surface area contributed by atoms with Crippen molar-refractivity contribution >= 4 is 17.5 Å². The average Bonchev–Trinajstić information content (AvgIpc) is 3.04. The van der Waals surface area contributed by atoms with E-state index in [9.17, 15) is 27.9 Å². The maximum Gasteiger partial charge on any atom is 0.412 e. The number of carboxylic acid groups (broad SMARTS) is 1. The van der Waals surface area contributed by atoms with Gasteiger partial charge in [-0.2, -0.15) is 18.3 Å². The molecule has 29 heavy (non-hydrogen) atoms. The standard InChI is InChI=1S/C17H20F3N5O4/c1-16(2,17(18,19)20)25(15(27)28)9-3-5-12-11(7-9)21-8-10(29-12)4-6-13-22-14(26)24-23-13/h3,5,7,10,21H,4,6,8H2,1-2H3,(H,27,28)(H2,22,23,24,26)/t10-/m0/s1. The molecule has 158 valence electrons. The van der Waals surface area contributed by atoms with Crippen LogP contribution in [0.2, 0.25) is 0 Å². The summed E-state index contributed by atoms with van der Waals surface area (Å²) in [4.78, 5) is 25.4. The Bertz CT molecular complexity index is 953. The summed E-state index contributed by atoms with van der Waals surface area (Å²) < 4.78 is 45.9. The van der Waals surface area contributed by atoms with Crippen molar-refractivity contribution in [2.75, 3.05) is 16.8 Å². The summed E-state index contributed by atoms with van der Waals surface area (Å²) in [7, 11) is 0. The highest BCUT2D eigenvalue weighted by molar-refractivity contribution is 5.89. The highest BCUT2D eigenvalue weighted by Gasteiger charge is 2.54. The van der Waals surface area contributed by atoms with Crippen molar-refractivity contribution < 1.29 is 27.8 Å². The van der Waals surface area contributed by atoms with Crippen LogP contribution in [0, 0.1) is 0 Å². The highest BCUT2D eigenvalue weighted by Crippen LogP contribution is 2.41. The Kier molecular flexibility index (Phi) is 5.20. The molecular weight excluding hydrogens is 395 g/mol. The monoisotopic (exact) mass is 415 g/mol. The molecule has 4 N–H and O–H groups in total. The van der Waals surface area contributed by atoms with Gasteiger partial charge in [0.1, 0.15) is 23.2 Å². The Balaban J connectivity index is 1.76. The van der Waals surface area contributed by atoms with Crippen molar-refractivity contribution in [2.24, 2.45) is 0 Å². The Hall–Kier alpha value is -3.18. The molecule has 0 spiro atoms. The third-order valence-corrected chi connectivity index (χ3v) is 4.73. The van der Waals surface area contributed by atoms with Crippen molar-refractivity contribution in [1.82, 2.24) is 15.2 Å². The predicted octanol–water partition coefficient (Wildman–Crippen LogP) is 2.73. The third kappa shape index (κ3) is 4.15. The van der Waals surface area contributed by atoms with Gasteiger partial charge in [-0.1, -0.05) is 0 Å². The zero-order valence-electron chi connectivity index (χ0n) is 15.6. The average molecular weight is 415 g/mol. The van der Waals surface area contributed by atoms with Gasteiger partial charge >= 0.3 is 18.0 Å². The van der Waals surface area contributed by atoms with Crippen LogP contribution >= 0.6 is 0 Å². The number of aryl methyl sites for hydroxylation is 1. The minimum absolute atomic E-state index is 0.123. The molecule has 12 heteroatoms.